The molecule has 7 nitrogen and oxygen atoms in total. The number of nitrogens with zero attached hydrogens (tertiary/aromatic N) is 1. The molecule has 1 saturated heterocycles. The van der Waals surface area contributed by atoms with Crippen LogP contribution in [-0.2, 0) is 20.7 Å². The van der Waals surface area contributed by atoms with E-state index in [2.05, 4.69) is 11.9 Å². The molecule has 1 aromatic carbocycles. The van der Waals surface area contributed by atoms with Gasteiger partial charge in [0.2, 0.25) is 5.78 Å². The van der Waals surface area contributed by atoms with Crippen molar-refractivity contribution < 1.29 is 23.9 Å². The molecule has 1 aliphatic heterocycles. The first kappa shape index (κ1) is 27.3. The molecule has 0 spiro atoms. The van der Waals surface area contributed by atoms with Crippen LogP contribution in [0.1, 0.15) is 104 Å². The number of epoxide rings is 1. The number of rotatable bonds is 11. The number of fused-ring (bicyclic) bond motifs is 2. The van der Waals surface area contributed by atoms with Crippen LogP contribution in [0, 0.1) is 0 Å². The van der Waals surface area contributed by atoms with Gasteiger partial charge in [-0.1, -0.05) is 55.7 Å². The first-order valence-electron chi connectivity index (χ1n) is 14.3. The number of carbonyl (C=O) groups is 3. The average molecular weight is 531 g/mol. The number of pyridine rings is 1. The number of anilines is 1. The molecule has 2 fully saturated rings. The fourth-order valence-electron chi connectivity index (χ4n) is 6.33. The van der Waals surface area contributed by atoms with Gasteiger partial charge in [0, 0.05) is 23.7 Å². The summed E-state index contributed by atoms with van der Waals surface area (Å²) in [7, 11) is 0. The van der Waals surface area contributed by atoms with Gasteiger partial charge in [0.25, 0.3) is 5.60 Å². The third-order valence-corrected chi connectivity index (χ3v) is 8.70. The number of unbranched alkanes of at least 4 members (excludes halogenated alkanes) is 2. The van der Waals surface area contributed by atoms with E-state index in [0.29, 0.717) is 11.4 Å². The molecule has 0 radical (unpaired) electrons. The topological polar surface area (TPSA) is 112 Å². The van der Waals surface area contributed by atoms with Crippen molar-refractivity contribution >= 4 is 23.4 Å². The van der Waals surface area contributed by atoms with Crippen LogP contribution >= 0.6 is 0 Å². The lowest BCUT2D eigenvalue weighted by atomic mass is 9.72. The molecule has 1 saturated carbocycles. The predicted molar refractivity (Wildman–Crippen MR) is 148 cm³/mol. The van der Waals surface area contributed by atoms with Gasteiger partial charge < -0.3 is 15.2 Å². The van der Waals surface area contributed by atoms with Crippen LogP contribution in [0.2, 0.25) is 0 Å². The van der Waals surface area contributed by atoms with E-state index >= 15 is 0 Å². The third kappa shape index (κ3) is 4.82. The molecular weight excluding hydrogens is 492 g/mol. The summed E-state index contributed by atoms with van der Waals surface area (Å²) in [6, 6.07) is 10.4. The highest BCUT2D eigenvalue weighted by Crippen LogP contribution is 2.59. The maximum atomic E-state index is 14.0. The summed E-state index contributed by atoms with van der Waals surface area (Å²) in [6.07, 6.45) is 12.6. The Labute approximate surface area is 230 Å². The molecule has 0 bridgehead atoms. The number of hydrogen-bond donors (Lipinski definition) is 1. The number of allylic oxidation sites excluding steroid dienone is 1. The zero-order valence-corrected chi connectivity index (χ0v) is 23.0. The Morgan fingerprint density at radius 1 is 1.10 bits per heavy atom. The molecule has 7 heteroatoms. The van der Waals surface area contributed by atoms with Crippen molar-refractivity contribution in [3.8, 4) is 0 Å². The van der Waals surface area contributed by atoms with Crippen LogP contribution in [0.25, 0.3) is 0 Å². The number of ketones is 2. The minimum absolute atomic E-state index is 0.133. The van der Waals surface area contributed by atoms with Crippen LogP contribution in [0.3, 0.4) is 0 Å². The van der Waals surface area contributed by atoms with Crippen LogP contribution < -0.4 is 5.73 Å². The SMILES string of the molecule is CCCCCC1(OC(=O)[C@]23O[C@@]2(C/C=C(\C)CCc2ccnc(N)c2)C(=O)c2ccccc2C3=O)CCCC1. The van der Waals surface area contributed by atoms with Crippen molar-refractivity contribution in [2.75, 3.05) is 5.73 Å². The summed E-state index contributed by atoms with van der Waals surface area (Å²) in [5.74, 6) is -1.02. The number of esters is 1. The van der Waals surface area contributed by atoms with Gasteiger partial charge >= 0.3 is 5.97 Å². The van der Waals surface area contributed by atoms with Crippen molar-refractivity contribution in [1.82, 2.24) is 4.98 Å². The van der Waals surface area contributed by atoms with E-state index in [0.717, 1.165) is 75.3 Å². The van der Waals surface area contributed by atoms with Gasteiger partial charge in [-0.2, -0.15) is 0 Å². The van der Waals surface area contributed by atoms with Crippen molar-refractivity contribution in [3.63, 3.8) is 0 Å². The highest BCUT2D eigenvalue weighted by atomic mass is 16.7. The van der Waals surface area contributed by atoms with Crippen molar-refractivity contribution in [3.05, 3.63) is 70.9 Å². The molecule has 2 aromatic rings. The molecule has 1 aromatic heterocycles. The fourth-order valence-corrected chi connectivity index (χ4v) is 6.33. The molecule has 2 aliphatic carbocycles. The first-order valence-corrected chi connectivity index (χ1v) is 14.3. The van der Waals surface area contributed by atoms with E-state index in [9.17, 15) is 14.4 Å². The zero-order valence-electron chi connectivity index (χ0n) is 23.0. The molecule has 0 amide bonds. The Hall–Kier alpha value is -3.32. The summed E-state index contributed by atoms with van der Waals surface area (Å²) in [5, 5.41) is 0. The summed E-state index contributed by atoms with van der Waals surface area (Å²) < 4.78 is 12.3. The first-order chi connectivity index (χ1) is 18.8. The number of nitrogen functional groups attached to an aromatic ring is 1. The van der Waals surface area contributed by atoms with E-state index in [1.165, 1.54) is 0 Å². The lowest BCUT2D eigenvalue weighted by molar-refractivity contribution is -0.164. The van der Waals surface area contributed by atoms with Gasteiger partial charge in [-0.25, -0.2) is 9.78 Å². The van der Waals surface area contributed by atoms with Crippen LogP contribution in [0.5, 0.6) is 0 Å². The van der Waals surface area contributed by atoms with E-state index < -0.39 is 28.6 Å². The number of aromatic nitrogens is 1. The average Bonchev–Trinajstić information content (AvgIpc) is 3.45. The number of nitrogens with two attached hydrogens (primary N) is 1. The normalized spacial score (nSPS) is 25.2. The molecule has 3 aliphatic rings. The Bertz CT molecular complexity index is 1310. The second kappa shape index (κ2) is 10.7. The molecule has 0 unspecified atom stereocenters. The minimum Gasteiger partial charge on any atom is -0.456 e. The van der Waals surface area contributed by atoms with Crippen molar-refractivity contribution in [2.24, 2.45) is 0 Å². The van der Waals surface area contributed by atoms with E-state index in [-0.39, 0.29) is 17.8 Å². The zero-order chi connectivity index (χ0) is 27.7. The Morgan fingerprint density at radius 2 is 1.82 bits per heavy atom. The van der Waals surface area contributed by atoms with Gasteiger partial charge in [-0.15, -0.1) is 0 Å². The van der Waals surface area contributed by atoms with E-state index in [4.69, 9.17) is 15.2 Å². The second-order valence-corrected chi connectivity index (χ2v) is 11.4. The van der Waals surface area contributed by atoms with Gasteiger partial charge in [0.1, 0.15) is 11.4 Å². The van der Waals surface area contributed by atoms with E-state index in [1.807, 2.05) is 25.1 Å². The van der Waals surface area contributed by atoms with Crippen LogP contribution in [0.4, 0.5) is 5.82 Å². The Kier molecular flexibility index (Phi) is 7.47. The number of hydrogen-bond acceptors (Lipinski definition) is 7. The quantitative estimate of drug-likeness (QED) is 0.125. The maximum Gasteiger partial charge on any atom is 0.350 e. The standard InChI is InChI=1S/C32H38N2O5/c1-3-4-7-16-30(17-8-9-18-30)38-29(37)32-28(36)25-11-6-5-10-24(25)27(35)31(32,39-32)19-14-22(2)12-13-23-15-20-34-26(33)21-23/h5-6,10-11,14-15,20-21H,3-4,7-9,12-13,16-19H2,1-2H3,(H2,33,34)/b22-14+/t31-,32-/m0/s1. The second-order valence-electron chi connectivity index (χ2n) is 11.4. The van der Waals surface area contributed by atoms with E-state index in [1.54, 1.807) is 30.5 Å². The van der Waals surface area contributed by atoms with Crippen LogP contribution in [-0.4, -0.2) is 39.3 Å². The lowest BCUT2D eigenvalue weighted by Crippen LogP contribution is -2.52. The monoisotopic (exact) mass is 530 g/mol. The summed E-state index contributed by atoms with van der Waals surface area (Å²) in [5.41, 5.74) is 4.36. The number of aryl methyl sites for hydroxylation is 1. The molecule has 206 valence electrons. The van der Waals surface area contributed by atoms with Gasteiger partial charge in [0.05, 0.1) is 0 Å². The van der Waals surface area contributed by atoms with Gasteiger partial charge in [0.15, 0.2) is 11.4 Å². The van der Waals surface area contributed by atoms with Crippen molar-refractivity contribution in [1.29, 1.82) is 0 Å². The lowest BCUT2D eigenvalue weighted by Gasteiger charge is -2.32. The highest BCUT2D eigenvalue weighted by Gasteiger charge is 2.85. The molecule has 39 heavy (non-hydrogen) atoms. The van der Waals surface area contributed by atoms with Crippen LogP contribution in [0.15, 0.2) is 54.2 Å². The number of benzene rings is 1. The molecule has 5 rings (SSSR count). The largest absolute Gasteiger partial charge is 0.456 e. The van der Waals surface area contributed by atoms with Gasteiger partial charge in [-0.05, 0) is 76.0 Å². The third-order valence-electron chi connectivity index (χ3n) is 8.70. The summed E-state index contributed by atoms with van der Waals surface area (Å²) >= 11 is 0. The number of carbonyl (C=O) groups excluding carboxylic acids is 3. The molecular formula is C32H38N2O5. The summed E-state index contributed by atoms with van der Waals surface area (Å²) in [6.45, 7) is 4.12. The molecule has 2 heterocycles. The smallest absolute Gasteiger partial charge is 0.350 e. The van der Waals surface area contributed by atoms with Gasteiger partial charge in [-0.3, -0.25) is 9.59 Å². The van der Waals surface area contributed by atoms with Crippen molar-refractivity contribution in [2.45, 2.75) is 101 Å². The number of Topliss-reactive ketones (excluding diaryl/α,β-unsaturated/α-hetero) is 2. The Balaban J connectivity index is 1.41. The maximum absolute atomic E-state index is 14.0. The highest BCUT2D eigenvalue weighted by molar-refractivity contribution is 6.32. The summed E-state index contributed by atoms with van der Waals surface area (Å²) in [4.78, 5) is 45.7. The minimum atomic E-state index is -1.92. The number of ether oxygens (including phenoxy) is 2. The predicted octanol–water partition coefficient (Wildman–Crippen LogP) is 5.96. The Morgan fingerprint density at radius 3 is 2.51 bits per heavy atom. The fraction of sp³-hybridized carbons (Fsp3) is 0.500. The molecule has 2 atom stereocenters. The molecule has 2 N–H and O–H groups in total.